The standard InChI is InChI=1S/C60H41N3O/c1-39-37-52(45-31-27-42(28-32-45)40-15-5-2-6-16-40)61-60(46-33-29-43(30-34-46)41-17-7-3-8-18-41)62-59(39)51-23-14-26-55-58(51)50-36-35-47(38-56(50)64-55)63-53-24-12-11-21-49(53)57-48(22-13-25-54(57)63)44-19-9-4-10-20-44/h2-36,38,59H,1,37H2. The molecule has 0 N–H and O–H groups in total. The van der Waals surface area contributed by atoms with Gasteiger partial charge in [0.15, 0.2) is 5.84 Å². The fraction of sp³-hybridized carbons (Fsp3) is 0.0333. The summed E-state index contributed by atoms with van der Waals surface area (Å²) in [5.74, 6) is 0.679. The smallest absolute Gasteiger partial charge is 0.155 e. The highest BCUT2D eigenvalue weighted by molar-refractivity contribution is 6.17. The molecule has 0 spiro atoms. The van der Waals surface area contributed by atoms with Crippen molar-refractivity contribution in [2.75, 3.05) is 0 Å². The highest BCUT2D eigenvalue weighted by atomic mass is 16.3. The molecule has 12 rings (SSSR count). The lowest BCUT2D eigenvalue weighted by molar-refractivity contribution is 0.668. The third kappa shape index (κ3) is 6.47. The van der Waals surface area contributed by atoms with Gasteiger partial charge in [0.25, 0.3) is 0 Å². The lowest BCUT2D eigenvalue weighted by Gasteiger charge is -2.16. The first kappa shape index (κ1) is 37.4. The van der Waals surface area contributed by atoms with Gasteiger partial charge in [-0.2, -0.15) is 0 Å². The molecular formula is C60H41N3O. The lowest BCUT2D eigenvalue weighted by atomic mass is 9.91. The molecule has 302 valence electrons. The number of hydrogen-bond acceptors (Lipinski definition) is 3. The molecule has 4 nitrogen and oxygen atoms in total. The summed E-state index contributed by atoms with van der Waals surface area (Å²) in [5.41, 5.74) is 17.0. The van der Waals surface area contributed by atoms with Crippen LogP contribution in [0, 0.1) is 0 Å². The van der Waals surface area contributed by atoms with Gasteiger partial charge in [-0.15, -0.1) is 0 Å². The Morgan fingerprint density at radius 2 is 1.03 bits per heavy atom. The molecule has 11 aromatic rings. The summed E-state index contributed by atoms with van der Waals surface area (Å²) < 4.78 is 9.15. The van der Waals surface area contributed by atoms with E-state index < -0.39 is 0 Å². The van der Waals surface area contributed by atoms with Gasteiger partial charge in [0.1, 0.15) is 11.2 Å². The average molecular weight is 820 g/mol. The summed E-state index contributed by atoms with van der Waals surface area (Å²) in [6.45, 7) is 4.74. The molecule has 0 bridgehead atoms. The summed E-state index contributed by atoms with van der Waals surface area (Å²) in [7, 11) is 0. The molecule has 1 aliphatic heterocycles. The maximum Gasteiger partial charge on any atom is 0.155 e. The van der Waals surface area contributed by atoms with Crippen LogP contribution >= 0.6 is 0 Å². The number of aromatic nitrogens is 1. The van der Waals surface area contributed by atoms with Crippen LogP contribution in [-0.2, 0) is 0 Å². The molecule has 0 aliphatic carbocycles. The number of hydrogen-bond donors (Lipinski definition) is 0. The number of para-hydroxylation sites is 1. The van der Waals surface area contributed by atoms with Crippen LogP contribution in [0.2, 0.25) is 0 Å². The molecule has 0 saturated carbocycles. The monoisotopic (exact) mass is 819 g/mol. The Labute approximate surface area is 371 Å². The van der Waals surface area contributed by atoms with Gasteiger partial charge in [-0.3, -0.25) is 4.99 Å². The molecule has 0 saturated heterocycles. The highest BCUT2D eigenvalue weighted by Crippen LogP contribution is 2.43. The Morgan fingerprint density at radius 3 is 1.73 bits per heavy atom. The summed E-state index contributed by atoms with van der Waals surface area (Å²) in [4.78, 5) is 10.9. The van der Waals surface area contributed by atoms with E-state index in [2.05, 4.69) is 211 Å². The van der Waals surface area contributed by atoms with Crippen molar-refractivity contribution in [2.24, 2.45) is 9.98 Å². The van der Waals surface area contributed by atoms with Crippen LogP contribution in [0.4, 0.5) is 0 Å². The van der Waals surface area contributed by atoms with Crippen LogP contribution in [0.1, 0.15) is 29.2 Å². The van der Waals surface area contributed by atoms with Crippen LogP contribution in [-0.4, -0.2) is 16.1 Å². The number of aliphatic imine (C=N–C) groups is 2. The van der Waals surface area contributed by atoms with Crippen LogP contribution in [0.15, 0.2) is 245 Å². The quantitative estimate of drug-likeness (QED) is 0.148. The van der Waals surface area contributed by atoms with E-state index in [0.717, 1.165) is 77.8 Å². The molecule has 0 radical (unpaired) electrons. The van der Waals surface area contributed by atoms with Gasteiger partial charge in [-0.05, 0) is 80.4 Å². The second kappa shape index (κ2) is 15.5. The van der Waals surface area contributed by atoms with Crippen LogP contribution in [0.3, 0.4) is 0 Å². The third-order valence-corrected chi connectivity index (χ3v) is 12.7. The number of amidine groups is 1. The van der Waals surface area contributed by atoms with E-state index in [1.165, 1.54) is 33.0 Å². The van der Waals surface area contributed by atoms with E-state index in [0.29, 0.717) is 12.3 Å². The summed E-state index contributed by atoms with van der Waals surface area (Å²) >= 11 is 0. The maximum atomic E-state index is 6.79. The normalized spacial score (nSPS) is 14.2. The van der Waals surface area contributed by atoms with Crippen molar-refractivity contribution >= 4 is 55.3 Å². The maximum absolute atomic E-state index is 6.79. The van der Waals surface area contributed by atoms with Crippen LogP contribution < -0.4 is 0 Å². The van der Waals surface area contributed by atoms with E-state index in [9.17, 15) is 0 Å². The Bertz CT molecular complexity index is 3620. The van der Waals surface area contributed by atoms with E-state index in [1.54, 1.807) is 0 Å². The first-order valence-electron chi connectivity index (χ1n) is 21.8. The zero-order valence-electron chi connectivity index (χ0n) is 35.0. The minimum Gasteiger partial charge on any atom is -0.456 e. The van der Waals surface area contributed by atoms with Crippen molar-refractivity contribution in [3.63, 3.8) is 0 Å². The number of nitrogens with zero attached hydrogens (tertiary/aromatic N) is 3. The Balaban J connectivity index is 0.974. The lowest BCUT2D eigenvalue weighted by Crippen LogP contribution is -2.06. The van der Waals surface area contributed by atoms with Gasteiger partial charge < -0.3 is 8.98 Å². The Kier molecular flexibility index (Phi) is 9.08. The van der Waals surface area contributed by atoms with E-state index in [4.69, 9.17) is 21.0 Å². The molecule has 64 heavy (non-hydrogen) atoms. The van der Waals surface area contributed by atoms with Gasteiger partial charge in [-0.25, -0.2) is 4.99 Å². The second-order valence-electron chi connectivity index (χ2n) is 16.6. The van der Waals surface area contributed by atoms with Gasteiger partial charge >= 0.3 is 0 Å². The molecule has 0 fully saturated rings. The number of fused-ring (bicyclic) bond motifs is 6. The van der Waals surface area contributed by atoms with Gasteiger partial charge in [0.2, 0.25) is 0 Å². The van der Waals surface area contributed by atoms with Gasteiger partial charge in [0, 0.05) is 45.3 Å². The summed E-state index contributed by atoms with van der Waals surface area (Å²) in [6.07, 6.45) is 0.569. The molecule has 1 aliphatic rings. The summed E-state index contributed by atoms with van der Waals surface area (Å²) in [5, 5.41) is 4.54. The van der Waals surface area contributed by atoms with E-state index >= 15 is 0 Å². The molecule has 1 unspecified atom stereocenters. The Hall–Kier alpha value is -8.34. The molecule has 0 amide bonds. The van der Waals surface area contributed by atoms with Crippen LogP contribution in [0.5, 0.6) is 0 Å². The number of furan rings is 1. The second-order valence-corrected chi connectivity index (χ2v) is 16.6. The minimum atomic E-state index is -0.369. The predicted octanol–water partition coefficient (Wildman–Crippen LogP) is 15.6. The van der Waals surface area contributed by atoms with Gasteiger partial charge in [-0.1, -0.05) is 189 Å². The predicted molar refractivity (Wildman–Crippen MR) is 267 cm³/mol. The average Bonchev–Trinajstić information content (AvgIpc) is 3.85. The van der Waals surface area contributed by atoms with Crippen molar-refractivity contribution in [3.05, 3.63) is 247 Å². The van der Waals surface area contributed by atoms with Crippen molar-refractivity contribution in [3.8, 4) is 39.1 Å². The molecule has 1 atom stereocenters. The number of benzene rings is 9. The van der Waals surface area contributed by atoms with Crippen LogP contribution in [0.25, 0.3) is 82.8 Å². The van der Waals surface area contributed by atoms with Crippen molar-refractivity contribution in [2.45, 2.75) is 12.5 Å². The number of rotatable bonds is 7. The van der Waals surface area contributed by atoms with E-state index in [-0.39, 0.29) is 6.04 Å². The van der Waals surface area contributed by atoms with Crippen molar-refractivity contribution < 1.29 is 4.42 Å². The van der Waals surface area contributed by atoms with Gasteiger partial charge in [0.05, 0.1) is 22.8 Å². The molecular weight excluding hydrogens is 779 g/mol. The largest absolute Gasteiger partial charge is 0.456 e. The zero-order chi connectivity index (χ0) is 42.6. The Morgan fingerprint density at radius 1 is 0.453 bits per heavy atom. The van der Waals surface area contributed by atoms with Crippen molar-refractivity contribution in [1.82, 2.24) is 4.57 Å². The third-order valence-electron chi connectivity index (χ3n) is 12.7. The fourth-order valence-electron chi connectivity index (χ4n) is 9.61. The minimum absolute atomic E-state index is 0.369. The topological polar surface area (TPSA) is 42.8 Å². The van der Waals surface area contributed by atoms with Crippen molar-refractivity contribution in [1.29, 1.82) is 0 Å². The first-order valence-corrected chi connectivity index (χ1v) is 21.8. The molecule has 2 aromatic heterocycles. The van der Waals surface area contributed by atoms with E-state index in [1.807, 2.05) is 12.1 Å². The molecule has 4 heteroatoms. The highest BCUT2D eigenvalue weighted by Gasteiger charge is 2.26. The zero-order valence-corrected chi connectivity index (χ0v) is 35.0. The fourth-order valence-corrected chi connectivity index (χ4v) is 9.61. The SMILES string of the molecule is C=C1CC(c2ccc(-c3ccccc3)cc2)=NC(c2ccc(-c3ccccc3)cc2)=NC1c1cccc2oc3cc(-n4c5ccccc5c5c(-c6ccccc6)cccc54)ccc3c12. The molecule has 9 aromatic carbocycles. The first-order chi connectivity index (χ1) is 31.6. The summed E-state index contributed by atoms with van der Waals surface area (Å²) in [6, 6.07) is 76.7. The molecule has 3 heterocycles.